The summed E-state index contributed by atoms with van der Waals surface area (Å²) in [6, 6.07) is 3.52. The summed E-state index contributed by atoms with van der Waals surface area (Å²) in [6.45, 7) is 0.614. The first-order chi connectivity index (χ1) is 7.68. The molecule has 1 aromatic carbocycles. The van der Waals surface area contributed by atoms with E-state index in [-0.39, 0.29) is 0 Å². The van der Waals surface area contributed by atoms with Crippen molar-refractivity contribution in [2.75, 3.05) is 0 Å². The maximum atomic E-state index is 11.6. The van der Waals surface area contributed by atoms with Crippen molar-refractivity contribution in [2.45, 2.75) is 19.4 Å². The molecule has 1 aliphatic heterocycles. The minimum atomic E-state index is -0.559. The fourth-order valence-electron chi connectivity index (χ4n) is 2.22. The van der Waals surface area contributed by atoms with Gasteiger partial charge in [0.15, 0.2) is 0 Å². The average molecular weight is 282 g/mol. The minimum absolute atomic E-state index is 0.484. The van der Waals surface area contributed by atoms with Gasteiger partial charge in [-0.2, -0.15) is 0 Å². The molecule has 0 bridgehead atoms. The number of nitrogens with zero attached hydrogens (tertiary/aromatic N) is 1. The molecule has 0 atom stereocenters. The maximum Gasteiger partial charge on any atom is 0.422 e. The molecular formula is C11H8BrNO3. The maximum absolute atomic E-state index is 11.6. The third-order valence-electron chi connectivity index (χ3n) is 2.92. The van der Waals surface area contributed by atoms with Crippen molar-refractivity contribution in [3.05, 3.63) is 43.1 Å². The summed E-state index contributed by atoms with van der Waals surface area (Å²) in [5.74, 6) is -0.559. The fraction of sp³-hybridized carbons (Fsp3) is 0.273. The summed E-state index contributed by atoms with van der Waals surface area (Å²) in [5.41, 5.74) is 1.20. The highest BCUT2D eigenvalue weighted by molar-refractivity contribution is 9.10. The Labute approximate surface area is 98.6 Å². The van der Waals surface area contributed by atoms with Crippen molar-refractivity contribution in [1.82, 2.24) is 4.57 Å². The first-order valence-electron chi connectivity index (χ1n) is 5.03. The third kappa shape index (κ3) is 1.21. The Bertz CT molecular complexity index is 699. The van der Waals surface area contributed by atoms with Crippen LogP contribution in [0.4, 0.5) is 0 Å². The van der Waals surface area contributed by atoms with Crippen LogP contribution in [0.3, 0.4) is 0 Å². The Morgan fingerprint density at radius 1 is 1.31 bits per heavy atom. The topological polar surface area (TPSA) is 52.2 Å². The predicted molar refractivity (Wildman–Crippen MR) is 62.8 cm³/mol. The van der Waals surface area contributed by atoms with Crippen LogP contribution < -0.4 is 11.4 Å². The molecular weight excluding hydrogens is 274 g/mol. The van der Waals surface area contributed by atoms with Gasteiger partial charge >= 0.3 is 11.4 Å². The Morgan fingerprint density at radius 2 is 2.12 bits per heavy atom. The van der Waals surface area contributed by atoms with Crippen LogP contribution in [0.25, 0.3) is 10.9 Å². The van der Waals surface area contributed by atoms with E-state index in [2.05, 4.69) is 20.3 Å². The highest BCUT2D eigenvalue weighted by Gasteiger charge is 2.18. The third-order valence-corrected chi connectivity index (χ3v) is 3.67. The molecule has 5 heteroatoms. The van der Waals surface area contributed by atoms with Gasteiger partial charge in [-0.25, -0.2) is 9.59 Å². The Hall–Kier alpha value is -1.36. The summed E-state index contributed by atoms with van der Waals surface area (Å²) in [6.07, 6.45) is 1.76. The molecule has 2 heterocycles. The van der Waals surface area contributed by atoms with Gasteiger partial charge in [-0.3, -0.25) is 4.57 Å². The Kier molecular flexibility index (Phi) is 2.04. The monoisotopic (exact) mass is 281 g/mol. The highest BCUT2D eigenvalue weighted by Crippen LogP contribution is 2.28. The fourth-order valence-corrected chi connectivity index (χ4v) is 2.74. The normalized spacial score (nSPS) is 14.3. The van der Waals surface area contributed by atoms with E-state index in [9.17, 15) is 9.59 Å². The van der Waals surface area contributed by atoms with E-state index in [1.54, 1.807) is 10.6 Å². The average Bonchev–Trinajstić information content (AvgIpc) is 2.27. The van der Waals surface area contributed by atoms with Gasteiger partial charge < -0.3 is 4.42 Å². The summed E-state index contributed by atoms with van der Waals surface area (Å²) in [5, 5.41) is 0.484. The lowest BCUT2D eigenvalue weighted by Gasteiger charge is -2.18. The number of aryl methyl sites for hydroxylation is 2. The summed E-state index contributed by atoms with van der Waals surface area (Å²) in [7, 11) is 0. The van der Waals surface area contributed by atoms with Gasteiger partial charge in [-0.1, -0.05) is 15.9 Å². The van der Waals surface area contributed by atoms with Crippen molar-refractivity contribution < 1.29 is 4.42 Å². The molecule has 0 saturated heterocycles. The van der Waals surface area contributed by atoms with Crippen molar-refractivity contribution in [3.8, 4) is 0 Å². The molecule has 0 unspecified atom stereocenters. The van der Waals surface area contributed by atoms with Crippen molar-refractivity contribution in [2.24, 2.45) is 0 Å². The van der Waals surface area contributed by atoms with Gasteiger partial charge in [0.2, 0.25) is 0 Å². The van der Waals surface area contributed by atoms with Crippen LogP contribution in [-0.2, 0) is 13.0 Å². The molecule has 1 aliphatic rings. The largest absolute Gasteiger partial charge is 0.422 e. The van der Waals surface area contributed by atoms with Crippen LogP contribution in [0.1, 0.15) is 12.0 Å². The van der Waals surface area contributed by atoms with Crippen LogP contribution in [0.15, 0.2) is 30.6 Å². The van der Waals surface area contributed by atoms with Crippen LogP contribution >= 0.6 is 15.9 Å². The quantitative estimate of drug-likeness (QED) is 0.738. The van der Waals surface area contributed by atoms with E-state index < -0.39 is 11.4 Å². The number of benzene rings is 1. The second kappa shape index (κ2) is 3.31. The van der Waals surface area contributed by atoms with Crippen molar-refractivity contribution in [1.29, 1.82) is 0 Å². The zero-order valence-electron chi connectivity index (χ0n) is 8.33. The van der Waals surface area contributed by atoms with Gasteiger partial charge in [-0.05, 0) is 30.5 Å². The molecule has 3 rings (SSSR count). The van der Waals surface area contributed by atoms with Gasteiger partial charge in [0.25, 0.3) is 0 Å². The number of halogens is 1. The summed E-state index contributed by atoms with van der Waals surface area (Å²) < 4.78 is 7.16. The van der Waals surface area contributed by atoms with Crippen LogP contribution in [-0.4, -0.2) is 4.57 Å². The SMILES string of the molecule is O=c1oc(=O)n2c3c(c(Br)ccc13)CCC2. The number of rotatable bonds is 0. The van der Waals surface area contributed by atoms with E-state index >= 15 is 0 Å². The smallest absolute Gasteiger partial charge is 0.372 e. The molecule has 82 valence electrons. The Morgan fingerprint density at radius 3 is 2.94 bits per heavy atom. The van der Waals surface area contributed by atoms with Crippen LogP contribution in [0.5, 0.6) is 0 Å². The molecule has 0 spiro atoms. The van der Waals surface area contributed by atoms with Gasteiger partial charge in [0, 0.05) is 11.0 Å². The zero-order valence-corrected chi connectivity index (χ0v) is 9.91. The standard InChI is InChI=1S/C11H8BrNO3/c12-8-4-3-7-9-6(8)2-1-5-13(9)11(15)16-10(7)14/h3-4H,1-2,5H2. The molecule has 0 aliphatic carbocycles. The molecule has 4 nitrogen and oxygen atoms in total. The Balaban J connectivity index is 2.66. The second-order valence-electron chi connectivity index (χ2n) is 3.83. The van der Waals surface area contributed by atoms with E-state index in [0.717, 1.165) is 28.4 Å². The second-order valence-corrected chi connectivity index (χ2v) is 4.69. The van der Waals surface area contributed by atoms with Crippen molar-refractivity contribution >= 4 is 26.8 Å². The van der Waals surface area contributed by atoms with Gasteiger partial charge in [-0.15, -0.1) is 0 Å². The lowest BCUT2D eigenvalue weighted by molar-refractivity contribution is 0.407. The number of hydrogen-bond acceptors (Lipinski definition) is 3. The molecule has 1 aromatic heterocycles. The van der Waals surface area contributed by atoms with E-state index in [0.29, 0.717) is 11.9 Å². The molecule has 0 N–H and O–H groups in total. The van der Waals surface area contributed by atoms with Gasteiger partial charge in [0.05, 0.1) is 10.9 Å². The first kappa shape index (κ1) is 9.84. The van der Waals surface area contributed by atoms with Crippen LogP contribution in [0.2, 0.25) is 0 Å². The highest BCUT2D eigenvalue weighted by atomic mass is 79.9. The first-order valence-corrected chi connectivity index (χ1v) is 5.83. The zero-order chi connectivity index (χ0) is 11.3. The molecule has 16 heavy (non-hydrogen) atoms. The molecule has 0 fully saturated rings. The minimum Gasteiger partial charge on any atom is -0.372 e. The molecule has 2 aromatic rings. The van der Waals surface area contributed by atoms with E-state index in [4.69, 9.17) is 0 Å². The lowest BCUT2D eigenvalue weighted by Crippen LogP contribution is -2.28. The van der Waals surface area contributed by atoms with Gasteiger partial charge in [0.1, 0.15) is 0 Å². The van der Waals surface area contributed by atoms with Crippen molar-refractivity contribution in [3.63, 3.8) is 0 Å². The van der Waals surface area contributed by atoms with E-state index in [1.165, 1.54) is 0 Å². The van der Waals surface area contributed by atoms with Crippen LogP contribution in [0, 0.1) is 0 Å². The molecule has 0 radical (unpaired) electrons. The number of hydrogen-bond donors (Lipinski definition) is 0. The summed E-state index contributed by atoms with van der Waals surface area (Å²) in [4.78, 5) is 23.1. The lowest BCUT2D eigenvalue weighted by atomic mass is 10.0. The predicted octanol–water partition coefficient (Wildman–Crippen LogP) is 1.66. The summed E-state index contributed by atoms with van der Waals surface area (Å²) >= 11 is 3.45. The van der Waals surface area contributed by atoms with E-state index in [1.807, 2.05) is 6.07 Å². The number of aromatic nitrogens is 1. The molecule has 0 amide bonds. The molecule has 0 saturated carbocycles.